The maximum absolute atomic E-state index is 6.35. The average Bonchev–Trinajstić information content (AvgIpc) is 3.16. The molecular formula is C24H27ClO4. The van der Waals surface area contributed by atoms with Crippen LogP contribution >= 0.6 is 11.6 Å². The van der Waals surface area contributed by atoms with Gasteiger partial charge in [0.1, 0.15) is 18.3 Å². The predicted molar refractivity (Wildman–Crippen MR) is 113 cm³/mol. The van der Waals surface area contributed by atoms with Gasteiger partial charge in [0, 0.05) is 11.4 Å². The van der Waals surface area contributed by atoms with Crippen LogP contribution in [0, 0.1) is 13.8 Å². The zero-order chi connectivity index (χ0) is 20.6. The Morgan fingerprint density at radius 3 is 2.52 bits per heavy atom. The fourth-order valence-corrected chi connectivity index (χ4v) is 4.34. The van der Waals surface area contributed by atoms with Gasteiger partial charge >= 0.3 is 0 Å². The molecule has 0 aliphatic carbocycles. The zero-order valence-corrected chi connectivity index (χ0v) is 17.8. The van der Waals surface area contributed by atoms with Gasteiger partial charge in [-0.05, 0) is 49.1 Å². The van der Waals surface area contributed by atoms with E-state index < -0.39 is 12.1 Å². The van der Waals surface area contributed by atoms with Crippen LogP contribution < -0.4 is 0 Å². The first-order chi connectivity index (χ1) is 13.9. The van der Waals surface area contributed by atoms with E-state index in [9.17, 15) is 0 Å². The van der Waals surface area contributed by atoms with Crippen LogP contribution in [0.25, 0.3) is 0 Å². The summed E-state index contributed by atoms with van der Waals surface area (Å²) in [5, 5.41) is 0.700. The van der Waals surface area contributed by atoms with Crippen molar-refractivity contribution in [3.8, 4) is 0 Å². The van der Waals surface area contributed by atoms with Gasteiger partial charge in [0.15, 0.2) is 12.1 Å². The zero-order valence-electron chi connectivity index (χ0n) is 17.1. The van der Waals surface area contributed by atoms with Gasteiger partial charge in [0.25, 0.3) is 0 Å². The first kappa shape index (κ1) is 20.6. The maximum atomic E-state index is 6.35. The van der Waals surface area contributed by atoms with Gasteiger partial charge in [-0.3, -0.25) is 0 Å². The monoisotopic (exact) mass is 414 g/mol. The topological polar surface area (TPSA) is 36.9 Å². The summed E-state index contributed by atoms with van der Waals surface area (Å²) < 4.78 is 24.9. The van der Waals surface area contributed by atoms with Crippen molar-refractivity contribution in [2.24, 2.45) is 0 Å². The highest BCUT2D eigenvalue weighted by Crippen LogP contribution is 2.41. The van der Waals surface area contributed by atoms with Crippen LogP contribution in [0.2, 0.25) is 5.02 Å². The number of aryl methyl sites for hydroxylation is 2. The quantitative estimate of drug-likeness (QED) is 0.614. The molecule has 4 nitrogen and oxygen atoms in total. The fourth-order valence-electron chi connectivity index (χ4n) is 4.14. The van der Waals surface area contributed by atoms with Crippen molar-refractivity contribution in [3.63, 3.8) is 0 Å². The summed E-state index contributed by atoms with van der Waals surface area (Å²) in [7, 11) is 0. The van der Waals surface area contributed by atoms with Crippen LogP contribution in [-0.4, -0.2) is 30.4 Å². The number of fused-ring (bicyclic) bond motifs is 1. The molecule has 0 aromatic heterocycles. The Hall–Kier alpha value is -1.69. The molecule has 2 aromatic carbocycles. The van der Waals surface area contributed by atoms with Crippen molar-refractivity contribution < 1.29 is 18.9 Å². The Morgan fingerprint density at radius 1 is 1.10 bits per heavy atom. The molecule has 4 rings (SSSR count). The molecule has 2 fully saturated rings. The normalized spacial score (nSPS) is 31.0. The predicted octanol–water partition coefficient (Wildman–Crippen LogP) is 5.13. The molecule has 0 bridgehead atoms. The van der Waals surface area contributed by atoms with Gasteiger partial charge < -0.3 is 18.9 Å². The van der Waals surface area contributed by atoms with Crippen LogP contribution in [0.4, 0.5) is 0 Å². The van der Waals surface area contributed by atoms with Gasteiger partial charge in [0.05, 0.1) is 6.61 Å². The Morgan fingerprint density at radius 2 is 1.83 bits per heavy atom. The molecular weight excluding hydrogens is 388 g/mol. The molecule has 2 heterocycles. The van der Waals surface area contributed by atoms with Crippen molar-refractivity contribution in [1.82, 2.24) is 0 Å². The molecule has 0 N–H and O–H groups in total. The third kappa shape index (κ3) is 4.14. The van der Waals surface area contributed by atoms with Crippen molar-refractivity contribution in [2.45, 2.75) is 64.2 Å². The minimum Gasteiger partial charge on any atom is -0.368 e. The van der Waals surface area contributed by atoms with E-state index in [1.807, 2.05) is 31.2 Å². The molecule has 154 valence electrons. The summed E-state index contributed by atoms with van der Waals surface area (Å²) >= 11 is 6.33. The smallest absolute Gasteiger partial charge is 0.190 e. The van der Waals surface area contributed by atoms with E-state index in [2.05, 4.69) is 38.6 Å². The highest BCUT2D eigenvalue weighted by atomic mass is 35.5. The minimum atomic E-state index is -0.827. The van der Waals surface area contributed by atoms with Gasteiger partial charge in [0.2, 0.25) is 0 Å². The van der Waals surface area contributed by atoms with E-state index in [1.54, 1.807) is 6.08 Å². The highest BCUT2D eigenvalue weighted by molar-refractivity contribution is 6.31. The lowest BCUT2D eigenvalue weighted by molar-refractivity contribution is -0.222. The van der Waals surface area contributed by atoms with Crippen LogP contribution in [-0.2, 0) is 32.0 Å². The molecule has 2 aromatic rings. The van der Waals surface area contributed by atoms with Crippen molar-refractivity contribution in [2.75, 3.05) is 0 Å². The molecule has 29 heavy (non-hydrogen) atoms. The van der Waals surface area contributed by atoms with E-state index in [-0.39, 0.29) is 18.3 Å². The number of halogens is 1. The summed E-state index contributed by atoms with van der Waals surface area (Å²) in [4.78, 5) is 0. The molecule has 0 radical (unpaired) electrons. The molecule has 0 spiro atoms. The Kier molecular flexibility index (Phi) is 5.83. The molecule has 2 aliphatic heterocycles. The number of rotatable bonds is 6. The van der Waals surface area contributed by atoms with Gasteiger partial charge in [-0.1, -0.05) is 54.1 Å². The summed E-state index contributed by atoms with van der Waals surface area (Å²) in [5.74, 6) is -0.827. The highest BCUT2D eigenvalue weighted by Gasteiger charge is 2.56. The molecule has 5 heteroatoms. The molecule has 0 amide bonds. The lowest BCUT2D eigenvalue weighted by Crippen LogP contribution is -2.38. The Labute approximate surface area is 177 Å². The second-order valence-corrected chi connectivity index (χ2v) is 8.36. The number of benzene rings is 2. The SMILES string of the molecule is C=C[C@H]1O[C@@H]2OC(C)(Cc3ccccc3Cl)O[C@@H]2[C@H]1OCc1c(C)cccc1C. The second-order valence-electron chi connectivity index (χ2n) is 7.95. The van der Waals surface area contributed by atoms with Crippen LogP contribution in [0.15, 0.2) is 55.1 Å². The molecule has 1 unspecified atom stereocenters. The van der Waals surface area contributed by atoms with E-state index >= 15 is 0 Å². The minimum absolute atomic E-state index is 0.279. The van der Waals surface area contributed by atoms with Crippen LogP contribution in [0.3, 0.4) is 0 Å². The summed E-state index contributed by atoms with van der Waals surface area (Å²) in [6.45, 7) is 10.5. The summed E-state index contributed by atoms with van der Waals surface area (Å²) in [6, 6.07) is 14.0. The first-order valence-corrected chi connectivity index (χ1v) is 10.3. The van der Waals surface area contributed by atoms with Gasteiger partial charge in [-0.15, -0.1) is 6.58 Å². The molecule has 2 saturated heterocycles. The van der Waals surface area contributed by atoms with Gasteiger partial charge in [-0.2, -0.15) is 0 Å². The lowest BCUT2D eigenvalue weighted by Gasteiger charge is -2.28. The van der Waals surface area contributed by atoms with E-state index in [0.29, 0.717) is 18.1 Å². The third-order valence-electron chi connectivity index (χ3n) is 5.72. The summed E-state index contributed by atoms with van der Waals surface area (Å²) in [6.07, 6.45) is 0.907. The Bertz CT molecular complexity index is 878. The molecule has 2 aliphatic rings. The average molecular weight is 415 g/mol. The first-order valence-electron chi connectivity index (χ1n) is 9.94. The fraction of sp³-hybridized carbons (Fsp3) is 0.417. The van der Waals surface area contributed by atoms with E-state index in [4.69, 9.17) is 30.5 Å². The Balaban J connectivity index is 1.49. The molecule has 5 atom stereocenters. The standard InChI is InChI=1S/C24H27ClO4/c1-5-20-21(26-14-18-15(2)9-8-10-16(18)3)22-23(27-20)29-24(4,28-22)13-17-11-6-7-12-19(17)25/h5-12,20-23H,1,13-14H2,2-4H3/t20-,21+,22-,23-,24?/m1/s1. The second kappa shape index (κ2) is 8.21. The van der Waals surface area contributed by atoms with E-state index in [1.165, 1.54) is 16.7 Å². The lowest BCUT2D eigenvalue weighted by atomic mass is 10.0. The van der Waals surface area contributed by atoms with Crippen molar-refractivity contribution in [1.29, 1.82) is 0 Å². The van der Waals surface area contributed by atoms with Crippen molar-refractivity contribution >= 4 is 11.6 Å². The number of hydrogen-bond donors (Lipinski definition) is 0. The largest absolute Gasteiger partial charge is 0.368 e. The number of hydrogen-bond acceptors (Lipinski definition) is 4. The summed E-state index contributed by atoms with van der Waals surface area (Å²) in [5.41, 5.74) is 4.59. The number of ether oxygens (including phenoxy) is 4. The van der Waals surface area contributed by atoms with Crippen LogP contribution in [0.5, 0.6) is 0 Å². The van der Waals surface area contributed by atoms with Gasteiger partial charge in [-0.25, -0.2) is 0 Å². The van der Waals surface area contributed by atoms with Crippen LogP contribution in [0.1, 0.15) is 29.2 Å². The molecule has 0 saturated carbocycles. The van der Waals surface area contributed by atoms with Crippen molar-refractivity contribution in [3.05, 3.63) is 82.4 Å². The van der Waals surface area contributed by atoms with E-state index in [0.717, 1.165) is 5.56 Å². The maximum Gasteiger partial charge on any atom is 0.190 e. The third-order valence-corrected chi connectivity index (χ3v) is 6.09.